The number of hydrogen-bond donors (Lipinski definition) is 0. The fraction of sp³-hybridized carbons (Fsp3) is 0.294. The van der Waals surface area contributed by atoms with Gasteiger partial charge in [-0.05, 0) is 68.9 Å². The van der Waals surface area contributed by atoms with E-state index in [9.17, 15) is 19.8 Å². The second-order valence-electron chi connectivity index (χ2n) is 10.8. The number of methoxy groups -OCH3 is 2. The zero-order chi connectivity index (χ0) is 31.7. The van der Waals surface area contributed by atoms with Crippen LogP contribution in [0, 0.1) is 13.8 Å². The van der Waals surface area contributed by atoms with E-state index in [0.29, 0.717) is 79.3 Å². The van der Waals surface area contributed by atoms with Gasteiger partial charge < -0.3 is 29.7 Å². The molecule has 3 aromatic rings. The molecule has 0 radical (unpaired) electrons. The molecule has 238 valence electrons. The number of nitrogens with zero attached hydrogens (tertiary/aromatic N) is 4. The van der Waals surface area contributed by atoms with E-state index in [0.717, 1.165) is 34.8 Å². The molecule has 2 aliphatic rings. The Kier molecular flexibility index (Phi) is 10.0. The van der Waals surface area contributed by atoms with Gasteiger partial charge in [0, 0.05) is 29.3 Å². The molecule has 10 nitrogen and oxygen atoms in total. The van der Waals surface area contributed by atoms with Gasteiger partial charge >= 0.3 is 11.9 Å². The summed E-state index contributed by atoms with van der Waals surface area (Å²) in [6, 6.07) is 7.15. The van der Waals surface area contributed by atoms with Gasteiger partial charge in [-0.15, -0.1) is 34.6 Å². The zero-order valence-electron chi connectivity index (χ0n) is 25.8. The molecule has 0 saturated heterocycles. The average molecular weight is 651 g/mol. The van der Waals surface area contributed by atoms with Gasteiger partial charge in [-0.2, -0.15) is 0 Å². The molecular formula is C34H32N4NiO6-4. The van der Waals surface area contributed by atoms with Crippen molar-refractivity contribution in [2.24, 2.45) is 0 Å². The number of hydrogen-bond acceptors (Lipinski definition) is 8. The van der Waals surface area contributed by atoms with E-state index in [-0.39, 0.29) is 41.3 Å². The molecule has 11 heteroatoms. The van der Waals surface area contributed by atoms with Gasteiger partial charge in [0.1, 0.15) is 0 Å². The van der Waals surface area contributed by atoms with Crippen molar-refractivity contribution in [1.82, 2.24) is 19.9 Å². The van der Waals surface area contributed by atoms with E-state index in [1.54, 1.807) is 19.1 Å². The van der Waals surface area contributed by atoms with Crippen LogP contribution in [0.3, 0.4) is 0 Å². The van der Waals surface area contributed by atoms with E-state index >= 15 is 0 Å². The van der Waals surface area contributed by atoms with E-state index < -0.39 is 0 Å². The average Bonchev–Trinajstić information content (AvgIpc) is 3.67. The fourth-order valence-corrected chi connectivity index (χ4v) is 5.59. The minimum atomic E-state index is -0.346. The molecule has 0 fully saturated rings. The zero-order valence-corrected chi connectivity index (χ0v) is 26.8. The summed E-state index contributed by atoms with van der Waals surface area (Å²) in [6.45, 7) is 7.47. The third-order valence-corrected chi connectivity index (χ3v) is 8.33. The summed E-state index contributed by atoms with van der Waals surface area (Å²) in [5.41, 5.74) is 9.09. The molecule has 2 aliphatic heterocycles. The normalized spacial score (nSPS) is 14.1. The summed E-state index contributed by atoms with van der Waals surface area (Å²) in [7, 11) is 2.70. The monoisotopic (exact) mass is 650 g/mol. The van der Waals surface area contributed by atoms with Crippen LogP contribution in [0.25, 0.3) is 50.6 Å². The number of allylic oxidation sites excluding steroid dienone is 3. The molecule has 8 bridgehead atoms. The standard InChI is InChI=1S/C34H34N4O6.Ni/c1-17-21(7-9-33(41)43-5)29-14-30-22(8-10-34(42)44-6)18(2)27(36-30)12-31-24(16-40)20(4)28(38-31)13-32-23(15-39)19(3)26(37-32)11-25(17)35-29;/h11-16H,7-10H2,1-6H3,(H2-2,35,36,37,38,39,40);/q-2;/p-2. The van der Waals surface area contributed by atoms with Crippen molar-refractivity contribution >= 4 is 62.6 Å². The third kappa shape index (κ3) is 6.31. The quantitative estimate of drug-likeness (QED) is 0.219. The van der Waals surface area contributed by atoms with Crippen LogP contribution in [-0.4, -0.2) is 36.1 Å². The molecule has 5 rings (SSSR count). The first kappa shape index (κ1) is 33.3. The molecule has 0 unspecified atom stereocenters. The van der Waals surface area contributed by atoms with Crippen molar-refractivity contribution in [1.29, 1.82) is 0 Å². The number of ether oxygens (including phenoxy) is 2. The minimum Gasteiger partial charge on any atom is -0.877 e. The Bertz CT molecular complexity index is 2050. The number of carbonyl (C=O) groups is 2. The topological polar surface area (TPSA) is 153 Å². The number of fused-ring (bicyclic) bond motifs is 8. The molecule has 0 aliphatic carbocycles. The molecule has 0 aromatic carbocycles. The van der Waals surface area contributed by atoms with Crippen LogP contribution in [0.15, 0.2) is 30.5 Å². The van der Waals surface area contributed by atoms with Crippen LogP contribution in [-0.2, 0) is 42.0 Å². The second kappa shape index (κ2) is 13.6. The summed E-state index contributed by atoms with van der Waals surface area (Å²) < 4.78 is 9.78. The van der Waals surface area contributed by atoms with Crippen molar-refractivity contribution in [2.45, 2.75) is 53.4 Å². The predicted octanol–water partition coefficient (Wildman–Crippen LogP) is 1.85. The number of rotatable bonds is 6. The molecule has 45 heavy (non-hydrogen) atoms. The van der Waals surface area contributed by atoms with Gasteiger partial charge in [0.05, 0.1) is 36.7 Å². The van der Waals surface area contributed by atoms with Crippen LogP contribution in [0.4, 0.5) is 0 Å². The van der Waals surface area contributed by atoms with Gasteiger partial charge in [-0.3, -0.25) is 9.59 Å². The first-order valence-electron chi connectivity index (χ1n) is 14.2. The van der Waals surface area contributed by atoms with Gasteiger partial charge in [0.25, 0.3) is 0 Å². The summed E-state index contributed by atoms with van der Waals surface area (Å²) in [6.07, 6.45) is 2.60. The Hall–Kier alpha value is -4.63. The minimum absolute atomic E-state index is 0. The van der Waals surface area contributed by atoms with Crippen LogP contribution in [0.1, 0.15) is 66.9 Å². The molecule has 0 atom stereocenters. The van der Waals surface area contributed by atoms with E-state index in [1.807, 2.05) is 32.9 Å². The first-order chi connectivity index (χ1) is 21.1. The van der Waals surface area contributed by atoms with Crippen molar-refractivity contribution in [3.8, 4) is 0 Å². The smallest absolute Gasteiger partial charge is 0.305 e. The summed E-state index contributed by atoms with van der Waals surface area (Å²) >= 11 is 0. The maximum atomic E-state index is 12.2. The number of aryl methyl sites for hydroxylation is 3. The van der Waals surface area contributed by atoms with Gasteiger partial charge in [0.2, 0.25) is 0 Å². The number of carbonyl (C=O) groups excluding carboxylic acids is 2. The Balaban J connectivity index is 0.00000461. The molecule has 0 saturated carbocycles. The van der Waals surface area contributed by atoms with Crippen molar-refractivity contribution in [3.63, 3.8) is 0 Å². The largest absolute Gasteiger partial charge is 0.877 e. The fourth-order valence-electron chi connectivity index (χ4n) is 5.59. The Morgan fingerprint density at radius 3 is 2.02 bits per heavy atom. The van der Waals surface area contributed by atoms with Crippen LogP contribution < -0.4 is 30.7 Å². The van der Waals surface area contributed by atoms with Gasteiger partial charge in [0.15, 0.2) is 0 Å². The summed E-state index contributed by atoms with van der Waals surface area (Å²) in [5, 5.41) is 25.3. The van der Waals surface area contributed by atoms with Crippen LogP contribution >= 0.6 is 0 Å². The van der Waals surface area contributed by atoms with Crippen LogP contribution in [0.2, 0.25) is 0 Å². The van der Waals surface area contributed by atoms with Crippen molar-refractivity contribution in [2.75, 3.05) is 14.2 Å². The molecule has 3 aromatic heterocycles. The molecule has 5 heterocycles. The van der Waals surface area contributed by atoms with E-state index in [4.69, 9.17) is 29.4 Å². The van der Waals surface area contributed by atoms with E-state index in [1.165, 1.54) is 14.2 Å². The Morgan fingerprint density at radius 1 is 0.733 bits per heavy atom. The maximum absolute atomic E-state index is 12.2. The maximum Gasteiger partial charge on any atom is 0.305 e. The van der Waals surface area contributed by atoms with Crippen LogP contribution in [0.5, 0.6) is 0 Å². The third-order valence-electron chi connectivity index (χ3n) is 8.33. The first-order valence-corrected chi connectivity index (χ1v) is 14.2. The Morgan fingerprint density at radius 2 is 1.38 bits per heavy atom. The summed E-state index contributed by atoms with van der Waals surface area (Å²) in [4.78, 5) is 43.6. The molecule has 0 amide bonds. The van der Waals surface area contributed by atoms with E-state index in [2.05, 4.69) is 0 Å². The molecule has 0 spiro atoms. The van der Waals surface area contributed by atoms with Gasteiger partial charge in [-0.25, -0.2) is 9.97 Å². The van der Waals surface area contributed by atoms with Gasteiger partial charge in [-0.1, -0.05) is 40.1 Å². The Labute approximate surface area is 270 Å². The number of esters is 2. The predicted molar refractivity (Wildman–Crippen MR) is 163 cm³/mol. The molecule has 0 N–H and O–H groups in total. The van der Waals surface area contributed by atoms with Crippen molar-refractivity contribution in [3.05, 3.63) is 74.9 Å². The number of aromatic nitrogens is 4. The molecular weight excluding hydrogens is 619 g/mol. The van der Waals surface area contributed by atoms with Crippen molar-refractivity contribution < 1.29 is 45.8 Å². The summed E-state index contributed by atoms with van der Waals surface area (Å²) in [5.74, 6) is -0.688. The SMILES string of the molecule is COC(=O)CCC1=C(C)c2cc3nc(cc4[n-]c(cc5[n-]c(cc1n2)c(CCC(=O)OC)c5C)c(C)/c4=C\[O-])=C(C)/C3=C\[O-].[Ni]. The second-order valence-corrected chi connectivity index (χ2v) is 10.8.